The molecule has 1 atom stereocenters. The number of halogens is 3. The zero-order valence-electron chi connectivity index (χ0n) is 11.0. The average molecular weight is 284 g/mol. The monoisotopic (exact) mass is 284 g/mol. The standard InChI is InChI=1S/C11H19F3N2O3/c1-10(18,9(17)19-2)7-15-3-5-16(6-4-15)8-11(12,13)14/h18H,3-8H2,1-2H3. The fraction of sp³-hybridized carbons (Fsp3) is 0.909. The molecule has 0 aromatic heterocycles. The van der Waals surface area contributed by atoms with E-state index in [2.05, 4.69) is 4.74 Å². The maximum absolute atomic E-state index is 12.2. The molecule has 1 rings (SSSR count). The number of aliphatic hydroxyl groups is 1. The van der Waals surface area contributed by atoms with Crippen LogP contribution in [-0.4, -0.2) is 79.0 Å². The third-order valence-electron chi connectivity index (χ3n) is 3.02. The number of alkyl halides is 3. The normalized spacial score (nSPS) is 22.0. The van der Waals surface area contributed by atoms with Crippen LogP contribution in [-0.2, 0) is 9.53 Å². The van der Waals surface area contributed by atoms with Crippen molar-refractivity contribution in [2.75, 3.05) is 46.4 Å². The van der Waals surface area contributed by atoms with Gasteiger partial charge in [-0.05, 0) is 6.92 Å². The van der Waals surface area contributed by atoms with E-state index in [-0.39, 0.29) is 19.6 Å². The van der Waals surface area contributed by atoms with Gasteiger partial charge in [-0.15, -0.1) is 0 Å². The Kier molecular flexibility index (Phi) is 5.17. The van der Waals surface area contributed by atoms with Gasteiger partial charge in [0.15, 0.2) is 5.60 Å². The van der Waals surface area contributed by atoms with Crippen LogP contribution in [0.15, 0.2) is 0 Å². The molecule has 1 saturated heterocycles. The number of carbonyl (C=O) groups excluding carboxylic acids is 1. The maximum atomic E-state index is 12.2. The highest BCUT2D eigenvalue weighted by Crippen LogP contribution is 2.18. The van der Waals surface area contributed by atoms with Crippen LogP contribution < -0.4 is 0 Å². The van der Waals surface area contributed by atoms with E-state index in [1.165, 1.54) is 18.9 Å². The fourth-order valence-corrected chi connectivity index (χ4v) is 2.08. The number of methoxy groups -OCH3 is 1. The molecule has 0 radical (unpaired) electrons. The summed E-state index contributed by atoms with van der Waals surface area (Å²) in [7, 11) is 1.18. The first-order chi connectivity index (χ1) is 8.64. The molecule has 0 saturated carbocycles. The molecule has 1 N–H and O–H groups in total. The minimum absolute atomic E-state index is 0.0551. The predicted octanol–water partition coefficient (Wildman–Crippen LogP) is 0.0903. The minimum atomic E-state index is -4.19. The highest BCUT2D eigenvalue weighted by molar-refractivity contribution is 5.78. The number of hydrogen-bond donors (Lipinski definition) is 1. The van der Waals surface area contributed by atoms with Crippen molar-refractivity contribution < 1.29 is 27.8 Å². The summed E-state index contributed by atoms with van der Waals surface area (Å²) in [5.41, 5.74) is -1.64. The van der Waals surface area contributed by atoms with E-state index in [4.69, 9.17) is 0 Å². The van der Waals surface area contributed by atoms with Gasteiger partial charge in [0.05, 0.1) is 13.7 Å². The van der Waals surface area contributed by atoms with Gasteiger partial charge in [0.2, 0.25) is 0 Å². The Morgan fingerprint density at radius 1 is 1.16 bits per heavy atom. The summed E-state index contributed by atoms with van der Waals surface area (Å²) in [5, 5.41) is 9.88. The van der Waals surface area contributed by atoms with Crippen LogP contribution in [0.5, 0.6) is 0 Å². The van der Waals surface area contributed by atoms with E-state index in [1.54, 1.807) is 4.90 Å². The van der Waals surface area contributed by atoms with Gasteiger partial charge in [0.25, 0.3) is 0 Å². The summed E-state index contributed by atoms with van der Waals surface area (Å²) in [5.74, 6) is -0.745. The van der Waals surface area contributed by atoms with Gasteiger partial charge < -0.3 is 9.84 Å². The van der Waals surface area contributed by atoms with E-state index in [1.807, 2.05) is 0 Å². The lowest BCUT2D eigenvalue weighted by atomic mass is 10.1. The minimum Gasteiger partial charge on any atom is -0.467 e. The average Bonchev–Trinajstić information content (AvgIpc) is 2.28. The molecule has 1 aliphatic rings. The molecule has 5 nitrogen and oxygen atoms in total. The molecule has 1 unspecified atom stereocenters. The quantitative estimate of drug-likeness (QED) is 0.742. The first-order valence-electron chi connectivity index (χ1n) is 5.96. The summed E-state index contributed by atoms with van der Waals surface area (Å²) in [6.07, 6.45) is -4.19. The van der Waals surface area contributed by atoms with Crippen molar-refractivity contribution >= 4 is 5.97 Å². The lowest BCUT2D eigenvalue weighted by Crippen LogP contribution is -2.54. The molecule has 1 fully saturated rings. The first-order valence-corrected chi connectivity index (χ1v) is 5.96. The second-order valence-corrected chi connectivity index (χ2v) is 4.93. The second-order valence-electron chi connectivity index (χ2n) is 4.93. The first kappa shape index (κ1) is 16.2. The molecule has 0 aromatic rings. The van der Waals surface area contributed by atoms with Crippen molar-refractivity contribution in [3.8, 4) is 0 Å². The number of esters is 1. The molecule has 0 aliphatic carbocycles. The van der Waals surface area contributed by atoms with Crippen LogP contribution in [0.4, 0.5) is 13.2 Å². The Balaban J connectivity index is 2.40. The molecule has 112 valence electrons. The fourth-order valence-electron chi connectivity index (χ4n) is 2.08. The Bertz CT molecular complexity index is 313. The molecular formula is C11H19F3N2O3. The number of piperazine rings is 1. The molecule has 1 aliphatic heterocycles. The lowest BCUT2D eigenvalue weighted by Gasteiger charge is -2.37. The second kappa shape index (κ2) is 6.06. The van der Waals surface area contributed by atoms with Gasteiger partial charge in [-0.3, -0.25) is 9.80 Å². The number of ether oxygens (including phenoxy) is 1. The van der Waals surface area contributed by atoms with E-state index in [0.717, 1.165) is 0 Å². The SMILES string of the molecule is COC(=O)C(C)(O)CN1CCN(CC(F)(F)F)CC1. The van der Waals surface area contributed by atoms with Gasteiger partial charge in [-0.2, -0.15) is 13.2 Å². The van der Waals surface area contributed by atoms with Crippen molar-refractivity contribution in [1.29, 1.82) is 0 Å². The van der Waals surface area contributed by atoms with Crippen molar-refractivity contribution in [3.63, 3.8) is 0 Å². The van der Waals surface area contributed by atoms with Crippen LogP contribution in [0.1, 0.15) is 6.92 Å². The van der Waals surface area contributed by atoms with Crippen molar-refractivity contribution in [2.24, 2.45) is 0 Å². The molecule has 19 heavy (non-hydrogen) atoms. The Morgan fingerprint density at radius 2 is 1.58 bits per heavy atom. The lowest BCUT2D eigenvalue weighted by molar-refractivity contribution is -0.163. The highest BCUT2D eigenvalue weighted by atomic mass is 19.4. The van der Waals surface area contributed by atoms with Gasteiger partial charge >= 0.3 is 12.1 Å². The van der Waals surface area contributed by atoms with Gasteiger partial charge in [0, 0.05) is 32.7 Å². The number of rotatable bonds is 4. The highest BCUT2D eigenvalue weighted by Gasteiger charge is 2.36. The third kappa shape index (κ3) is 5.33. The number of hydrogen-bond acceptors (Lipinski definition) is 5. The summed E-state index contributed by atoms with van der Waals surface area (Å²) in [6, 6.07) is 0. The van der Waals surface area contributed by atoms with Gasteiger partial charge in [0.1, 0.15) is 0 Å². The summed E-state index contributed by atoms with van der Waals surface area (Å²) < 4.78 is 41.1. The van der Waals surface area contributed by atoms with Gasteiger partial charge in [-0.25, -0.2) is 4.79 Å². The summed E-state index contributed by atoms with van der Waals surface area (Å²) in [4.78, 5) is 14.4. The maximum Gasteiger partial charge on any atom is 0.401 e. The number of carbonyl (C=O) groups is 1. The summed E-state index contributed by atoms with van der Waals surface area (Å²) in [6.45, 7) is 1.74. The summed E-state index contributed by atoms with van der Waals surface area (Å²) >= 11 is 0. The van der Waals surface area contributed by atoms with Crippen LogP contribution in [0, 0.1) is 0 Å². The Hall–Kier alpha value is -0.860. The van der Waals surface area contributed by atoms with Crippen molar-refractivity contribution in [1.82, 2.24) is 9.80 Å². The number of nitrogens with zero attached hydrogens (tertiary/aromatic N) is 2. The smallest absolute Gasteiger partial charge is 0.401 e. The zero-order valence-corrected chi connectivity index (χ0v) is 11.0. The van der Waals surface area contributed by atoms with Crippen LogP contribution in [0.3, 0.4) is 0 Å². The molecule has 8 heteroatoms. The predicted molar refractivity (Wildman–Crippen MR) is 61.6 cm³/mol. The largest absolute Gasteiger partial charge is 0.467 e. The third-order valence-corrected chi connectivity index (χ3v) is 3.02. The topological polar surface area (TPSA) is 53.0 Å². The molecule has 0 aromatic carbocycles. The zero-order chi connectivity index (χ0) is 14.7. The molecular weight excluding hydrogens is 265 g/mol. The number of β-amino-alcohol motifs (C(OH)–C–C–N with tert-alkyl or cyclic N) is 1. The van der Waals surface area contributed by atoms with Crippen molar-refractivity contribution in [3.05, 3.63) is 0 Å². The van der Waals surface area contributed by atoms with E-state index < -0.39 is 24.3 Å². The van der Waals surface area contributed by atoms with E-state index in [9.17, 15) is 23.1 Å². The van der Waals surface area contributed by atoms with Crippen LogP contribution in [0.2, 0.25) is 0 Å². The van der Waals surface area contributed by atoms with Gasteiger partial charge in [-0.1, -0.05) is 0 Å². The van der Waals surface area contributed by atoms with E-state index in [0.29, 0.717) is 13.1 Å². The van der Waals surface area contributed by atoms with Crippen LogP contribution in [0.25, 0.3) is 0 Å². The molecule has 1 heterocycles. The molecule has 0 amide bonds. The Morgan fingerprint density at radius 3 is 1.95 bits per heavy atom. The van der Waals surface area contributed by atoms with E-state index >= 15 is 0 Å². The molecule has 0 bridgehead atoms. The van der Waals surface area contributed by atoms with Crippen molar-refractivity contribution in [2.45, 2.75) is 18.7 Å². The Labute approximate surface area is 109 Å². The van der Waals surface area contributed by atoms with Crippen LogP contribution >= 0.6 is 0 Å². The molecule has 0 spiro atoms.